The van der Waals surface area contributed by atoms with Crippen LogP contribution in [-0.2, 0) is 4.79 Å². The quantitative estimate of drug-likeness (QED) is 0.881. The number of thioether (sulfide) groups is 1. The summed E-state index contributed by atoms with van der Waals surface area (Å²) < 4.78 is 1.06. The van der Waals surface area contributed by atoms with E-state index in [1.165, 1.54) is 5.56 Å². The third-order valence-electron chi connectivity index (χ3n) is 2.58. The number of carboxylic acid groups (broad SMARTS) is 1. The molecule has 5 heteroatoms. The molecular formula is C11H12BrNO2S. The van der Waals surface area contributed by atoms with Crippen molar-refractivity contribution in [2.24, 2.45) is 0 Å². The fraction of sp³-hybridized carbons (Fsp3) is 0.364. The lowest BCUT2D eigenvalue weighted by molar-refractivity contribution is -0.138. The Morgan fingerprint density at radius 3 is 2.94 bits per heavy atom. The van der Waals surface area contributed by atoms with Gasteiger partial charge in [-0.1, -0.05) is 28.1 Å². The smallest absolute Gasteiger partial charge is 0.321 e. The first kappa shape index (κ1) is 12.0. The van der Waals surface area contributed by atoms with Crippen LogP contribution >= 0.6 is 27.7 Å². The maximum Gasteiger partial charge on any atom is 0.321 e. The molecule has 0 saturated carbocycles. The molecule has 0 bridgehead atoms. The van der Waals surface area contributed by atoms with Crippen molar-refractivity contribution in [3.8, 4) is 0 Å². The van der Waals surface area contributed by atoms with Crippen LogP contribution in [0.1, 0.15) is 16.5 Å². The third kappa shape index (κ3) is 2.42. The highest BCUT2D eigenvalue weighted by Gasteiger charge is 2.30. The fourth-order valence-corrected chi connectivity index (χ4v) is 3.20. The minimum absolute atomic E-state index is 0.0815. The molecule has 1 fully saturated rings. The Kier molecular flexibility index (Phi) is 3.56. The number of aliphatic carboxylic acids is 1. The highest BCUT2D eigenvalue weighted by atomic mass is 79.9. The van der Waals surface area contributed by atoms with Gasteiger partial charge in [-0.15, -0.1) is 11.8 Å². The number of halogens is 1. The monoisotopic (exact) mass is 301 g/mol. The first-order valence-corrected chi connectivity index (χ1v) is 6.78. The van der Waals surface area contributed by atoms with E-state index in [1.54, 1.807) is 11.8 Å². The number of benzene rings is 1. The lowest BCUT2D eigenvalue weighted by Gasteiger charge is -2.12. The Morgan fingerprint density at radius 2 is 2.38 bits per heavy atom. The van der Waals surface area contributed by atoms with Crippen molar-refractivity contribution in [2.45, 2.75) is 18.3 Å². The standard InChI is InChI=1S/C11H12BrNO2S/c1-6-2-3-7(4-8(6)12)10-13-9(5-16-10)11(14)15/h2-4,9-10,13H,5H2,1H3,(H,14,15)/t9-,10?/m1/s1. The average molecular weight is 302 g/mol. The van der Waals surface area contributed by atoms with Gasteiger partial charge in [0, 0.05) is 10.2 Å². The molecule has 86 valence electrons. The van der Waals surface area contributed by atoms with Gasteiger partial charge < -0.3 is 5.11 Å². The molecule has 0 radical (unpaired) electrons. The average Bonchev–Trinajstić information content (AvgIpc) is 2.71. The SMILES string of the molecule is Cc1ccc(C2N[C@@H](C(=O)O)CS2)cc1Br. The van der Waals surface area contributed by atoms with Gasteiger partial charge in [-0.25, -0.2) is 0 Å². The molecule has 2 rings (SSSR count). The summed E-state index contributed by atoms with van der Waals surface area (Å²) in [6, 6.07) is 5.68. The summed E-state index contributed by atoms with van der Waals surface area (Å²) in [6.45, 7) is 2.03. The largest absolute Gasteiger partial charge is 0.480 e. The minimum atomic E-state index is -0.777. The molecule has 1 heterocycles. The van der Waals surface area contributed by atoms with E-state index in [0.29, 0.717) is 5.75 Å². The molecule has 1 aromatic carbocycles. The molecule has 0 aromatic heterocycles. The van der Waals surface area contributed by atoms with Gasteiger partial charge in [-0.2, -0.15) is 0 Å². The van der Waals surface area contributed by atoms with Gasteiger partial charge >= 0.3 is 5.97 Å². The van der Waals surface area contributed by atoms with Crippen molar-refractivity contribution in [3.63, 3.8) is 0 Å². The molecule has 1 unspecified atom stereocenters. The van der Waals surface area contributed by atoms with Gasteiger partial charge in [-0.05, 0) is 24.1 Å². The molecule has 1 aromatic rings. The Hall–Kier alpha value is -0.520. The van der Waals surface area contributed by atoms with Gasteiger partial charge in [0.1, 0.15) is 6.04 Å². The molecule has 0 aliphatic carbocycles. The first-order chi connectivity index (χ1) is 7.58. The van der Waals surface area contributed by atoms with Crippen LogP contribution in [0.4, 0.5) is 0 Å². The van der Waals surface area contributed by atoms with Crippen molar-refractivity contribution in [1.29, 1.82) is 0 Å². The van der Waals surface area contributed by atoms with Gasteiger partial charge in [-0.3, -0.25) is 10.1 Å². The molecule has 0 amide bonds. The van der Waals surface area contributed by atoms with Crippen molar-refractivity contribution < 1.29 is 9.90 Å². The molecule has 3 nitrogen and oxygen atoms in total. The van der Waals surface area contributed by atoms with Gasteiger partial charge in [0.15, 0.2) is 0 Å². The van der Waals surface area contributed by atoms with Crippen molar-refractivity contribution >= 4 is 33.7 Å². The summed E-state index contributed by atoms with van der Waals surface area (Å²) in [5.74, 6) is -0.160. The second kappa shape index (κ2) is 4.77. The number of carbonyl (C=O) groups is 1. The predicted molar refractivity (Wildman–Crippen MR) is 68.6 cm³/mol. The number of carboxylic acids is 1. The van der Waals surface area contributed by atoms with E-state index in [2.05, 4.69) is 21.2 Å². The van der Waals surface area contributed by atoms with E-state index in [1.807, 2.05) is 25.1 Å². The molecule has 16 heavy (non-hydrogen) atoms. The topological polar surface area (TPSA) is 49.3 Å². The summed E-state index contributed by atoms with van der Waals surface area (Å²) in [4.78, 5) is 10.8. The zero-order chi connectivity index (χ0) is 11.7. The lowest BCUT2D eigenvalue weighted by Crippen LogP contribution is -2.33. The molecule has 0 spiro atoms. The molecule has 1 aliphatic rings. The number of hydrogen-bond acceptors (Lipinski definition) is 3. The molecule has 2 atom stereocenters. The normalized spacial score (nSPS) is 24.6. The molecule has 2 N–H and O–H groups in total. The van der Waals surface area contributed by atoms with E-state index in [4.69, 9.17) is 5.11 Å². The number of nitrogens with one attached hydrogen (secondary N) is 1. The first-order valence-electron chi connectivity index (χ1n) is 4.94. The van der Waals surface area contributed by atoms with Crippen LogP contribution in [0.2, 0.25) is 0 Å². The van der Waals surface area contributed by atoms with E-state index in [9.17, 15) is 4.79 Å². The summed E-state index contributed by atoms with van der Waals surface area (Å²) in [7, 11) is 0. The maximum atomic E-state index is 10.8. The van der Waals surface area contributed by atoms with Crippen LogP contribution in [0.25, 0.3) is 0 Å². The van der Waals surface area contributed by atoms with Crippen molar-refractivity contribution in [3.05, 3.63) is 33.8 Å². The predicted octanol–water partition coefficient (Wildman–Crippen LogP) is 2.55. The zero-order valence-electron chi connectivity index (χ0n) is 8.74. The second-order valence-corrected chi connectivity index (χ2v) is 5.77. The Balaban J connectivity index is 2.14. The van der Waals surface area contributed by atoms with Gasteiger partial charge in [0.2, 0.25) is 0 Å². The molecule has 1 saturated heterocycles. The fourth-order valence-electron chi connectivity index (χ4n) is 1.58. The summed E-state index contributed by atoms with van der Waals surface area (Å²) in [5, 5.41) is 12.1. The zero-order valence-corrected chi connectivity index (χ0v) is 11.1. The highest BCUT2D eigenvalue weighted by molar-refractivity contribution is 9.10. The van der Waals surface area contributed by atoms with Gasteiger partial charge in [0.25, 0.3) is 0 Å². The number of aryl methyl sites for hydroxylation is 1. The van der Waals surface area contributed by atoms with Crippen LogP contribution < -0.4 is 5.32 Å². The van der Waals surface area contributed by atoms with Crippen molar-refractivity contribution in [1.82, 2.24) is 5.32 Å². The van der Waals surface area contributed by atoms with Gasteiger partial charge in [0.05, 0.1) is 5.37 Å². The second-order valence-electron chi connectivity index (χ2n) is 3.78. The molecular weight excluding hydrogens is 290 g/mol. The minimum Gasteiger partial charge on any atom is -0.480 e. The highest BCUT2D eigenvalue weighted by Crippen LogP contribution is 2.34. The summed E-state index contributed by atoms with van der Waals surface area (Å²) >= 11 is 5.12. The Bertz CT molecular complexity index is 424. The molecule has 1 aliphatic heterocycles. The van der Waals surface area contributed by atoms with E-state index in [-0.39, 0.29) is 5.37 Å². The summed E-state index contributed by atoms with van der Waals surface area (Å²) in [6.07, 6.45) is 0. The number of rotatable bonds is 2. The van der Waals surface area contributed by atoms with E-state index >= 15 is 0 Å². The van der Waals surface area contributed by atoms with Crippen LogP contribution in [0.3, 0.4) is 0 Å². The Labute approximate surface area is 107 Å². The van der Waals surface area contributed by atoms with Crippen LogP contribution in [0.5, 0.6) is 0 Å². The third-order valence-corrected chi connectivity index (χ3v) is 4.70. The van der Waals surface area contributed by atoms with Crippen molar-refractivity contribution in [2.75, 3.05) is 5.75 Å². The van der Waals surface area contributed by atoms with E-state index < -0.39 is 12.0 Å². The Morgan fingerprint density at radius 1 is 1.62 bits per heavy atom. The summed E-state index contributed by atoms with van der Waals surface area (Å²) in [5.41, 5.74) is 2.30. The van der Waals surface area contributed by atoms with E-state index in [0.717, 1.165) is 10.0 Å². The lowest BCUT2D eigenvalue weighted by atomic mass is 10.1. The van der Waals surface area contributed by atoms with Crippen LogP contribution in [-0.4, -0.2) is 22.9 Å². The van der Waals surface area contributed by atoms with Crippen LogP contribution in [0, 0.1) is 6.92 Å². The van der Waals surface area contributed by atoms with Crippen LogP contribution in [0.15, 0.2) is 22.7 Å². The maximum absolute atomic E-state index is 10.8. The number of hydrogen-bond donors (Lipinski definition) is 2.